The molecule has 0 amide bonds. The average Bonchev–Trinajstić information content (AvgIpc) is 3.06. The van der Waals surface area contributed by atoms with Gasteiger partial charge in [-0.3, -0.25) is 0 Å². The fraction of sp³-hybridized carbons (Fsp3) is 0.667. The number of benzene rings is 1. The fourth-order valence-corrected chi connectivity index (χ4v) is 4.52. The van der Waals surface area contributed by atoms with Gasteiger partial charge in [0.15, 0.2) is 0 Å². The van der Waals surface area contributed by atoms with E-state index in [2.05, 4.69) is 5.32 Å². The number of hydrogen-bond donors (Lipinski definition) is 1. The van der Waals surface area contributed by atoms with Gasteiger partial charge < -0.3 is 5.32 Å². The molecular formula is C18H25F2N. The Labute approximate surface area is 126 Å². The Hall–Kier alpha value is -0.960. The maximum absolute atomic E-state index is 14.4. The molecule has 2 fully saturated rings. The second kappa shape index (κ2) is 6.04. The van der Waals surface area contributed by atoms with E-state index in [1.807, 2.05) is 6.92 Å². The first-order chi connectivity index (χ1) is 10.1. The molecule has 0 saturated heterocycles. The monoisotopic (exact) mass is 293 g/mol. The summed E-state index contributed by atoms with van der Waals surface area (Å²) in [5.74, 6) is 1.50. The highest BCUT2D eigenvalue weighted by atomic mass is 19.1. The average molecular weight is 293 g/mol. The summed E-state index contributed by atoms with van der Waals surface area (Å²) < 4.78 is 28.6. The molecule has 1 aromatic rings. The molecule has 2 aliphatic carbocycles. The maximum Gasteiger partial charge on any atom is 0.133 e. The Kier molecular flexibility index (Phi) is 4.30. The molecule has 0 aromatic heterocycles. The number of nitrogens with one attached hydrogen (secondary N) is 1. The highest BCUT2D eigenvalue weighted by Crippen LogP contribution is 2.51. The van der Waals surface area contributed by atoms with Crippen molar-refractivity contribution in [2.45, 2.75) is 52.0 Å². The van der Waals surface area contributed by atoms with Gasteiger partial charge in [0.05, 0.1) is 0 Å². The van der Waals surface area contributed by atoms with E-state index in [-0.39, 0.29) is 17.4 Å². The molecule has 4 unspecified atom stereocenters. The molecule has 2 saturated carbocycles. The minimum absolute atomic E-state index is 0.195. The van der Waals surface area contributed by atoms with Crippen LogP contribution in [0.4, 0.5) is 8.78 Å². The minimum atomic E-state index is -0.410. The first-order valence-electron chi connectivity index (χ1n) is 8.28. The Bertz CT molecular complexity index is 514. The first-order valence-corrected chi connectivity index (χ1v) is 8.28. The van der Waals surface area contributed by atoms with Crippen molar-refractivity contribution in [3.63, 3.8) is 0 Å². The number of aryl methyl sites for hydroxylation is 1. The summed E-state index contributed by atoms with van der Waals surface area (Å²) in [7, 11) is 0. The number of rotatable bonds is 5. The molecule has 0 spiro atoms. The molecular weight excluding hydrogens is 268 g/mol. The number of halogens is 2. The van der Waals surface area contributed by atoms with Crippen molar-refractivity contribution in [1.82, 2.24) is 5.32 Å². The lowest BCUT2D eigenvalue weighted by molar-refractivity contribution is 0.275. The molecule has 1 nitrogen and oxygen atoms in total. The first kappa shape index (κ1) is 15.0. The van der Waals surface area contributed by atoms with Crippen LogP contribution < -0.4 is 5.32 Å². The van der Waals surface area contributed by atoms with Crippen LogP contribution in [0.25, 0.3) is 0 Å². The molecule has 3 heteroatoms. The van der Waals surface area contributed by atoms with E-state index in [1.165, 1.54) is 37.8 Å². The molecule has 2 bridgehead atoms. The molecule has 0 radical (unpaired) electrons. The zero-order chi connectivity index (χ0) is 15.0. The summed E-state index contributed by atoms with van der Waals surface area (Å²) in [5.41, 5.74) is 0.780. The molecule has 1 aromatic carbocycles. The van der Waals surface area contributed by atoms with E-state index in [9.17, 15) is 8.78 Å². The zero-order valence-corrected chi connectivity index (χ0v) is 13.0. The predicted molar refractivity (Wildman–Crippen MR) is 81.1 cm³/mol. The van der Waals surface area contributed by atoms with Gasteiger partial charge >= 0.3 is 0 Å². The van der Waals surface area contributed by atoms with E-state index in [4.69, 9.17) is 0 Å². The highest BCUT2D eigenvalue weighted by Gasteiger charge is 2.40. The van der Waals surface area contributed by atoms with Gasteiger partial charge in [0, 0.05) is 11.6 Å². The van der Waals surface area contributed by atoms with Crippen molar-refractivity contribution in [3.05, 3.63) is 34.9 Å². The fourth-order valence-electron chi connectivity index (χ4n) is 4.52. The van der Waals surface area contributed by atoms with E-state index in [0.29, 0.717) is 11.5 Å². The van der Waals surface area contributed by atoms with Crippen molar-refractivity contribution in [2.24, 2.45) is 17.8 Å². The van der Waals surface area contributed by atoms with Crippen molar-refractivity contribution < 1.29 is 8.78 Å². The van der Waals surface area contributed by atoms with Crippen LogP contribution >= 0.6 is 0 Å². The van der Waals surface area contributed by atoms with Gasteiger partial charge in [-0.25, -0.2) is 8.78 Å². The zero-order valence-electron chi connectivity index (χ0n) is 13.0. The largest absolute Gasteiger partial charge is 0.310 e. The van der Waals surface area contributed by atoms with Crippen LogP contribution in [0.2, 0.25) is 0 Å². The van der Waals surface area contributed by atoms with Crippen molar-refractivity contribution in [3.8, 4) is 0 Å². The Morgan fingerprint density at radius 3 is 2.67 bits per heavy atom. The van der Waals surface area contributed by atoms with E-state index >= 15 is 0 Å². The van der Waals surface area contributed by atoms with Crippen molar-refractivity contribution in [1.29, 1.82) is 0 Å². The van der Waals surface area contributed by atoms with Gasteiger partial charge in [-0.2, -0.15) is 0 Å². The van der Waals surface area contributed by atoms with Gasteiger partial charge in [0.1, 0.15) is 11.6 Å². The molecule has 0 aliphatic heterocycles. The molecule has 1 N–H and O–H groups in total. The maximum atomic E-state index is 14.4. The van der Waals surface area contributed by atoms with Crippen molar-refractivity contribution >= 4 is 0 Å². The molecule has 0 heterocycles. The molecule has 21 heavy (non-hydrogen) atoms. The topological polar surface area (TPSA) is 12.0 Å². The van der Waals surface area contributed by atoms with Gasteiger partial charge in [-0.15, -0.1) is 0 Å². The van der Waals surface area contributed by atoms with Crippen LogP contribution in [0.1, 0.15) is 56.2 Å². The van der Waals surface area contributed by atoms with Crippen LogP contribution in [0.3, 0.4) is 0 Å². The Morgan fingerprint density at radius 2 is 2.05 bits per heavy atom. The van der Waals surface area contributed by atoms with Crippen LogP contribution in [0.5, 0.6) is 0 Å². The third kappa shape index (κ3) is 2.85. The Balaban J connectivity index is 1.83. The molecule has 3 rings (SSSR count). The van der Waals surface area contributed by atoms with E-state index in [0.717, 1.165) is 24.8 Å². The van der Waals surface area contributed by atoms with E-state index in [1.54, 1.807) is 6.92 Å². The van der Waals surface area contributed by atoms with Gasteiger partial charge in [-0.05, 0) is 68.5 Å². The summed E-state index contributed by atoms with van der Waals surface area (Å²) >= 11 is 0. The van der Waals surface area contributed by atoms with Gasteiger partial charge in [0.2, 0.25) is 0 Å². The smallest absolute Gasteiger partial charge is 0.133 e. The third-order valence-electron chi connectivity index (χ3n) is 5.54. The quantitative estimate of drug-likeness (QED) is 0.826. The summed E-state index contributed by atoms with van der Waals surface area (Å²) in [4.78, 5) is 0. The summed E-state index contributed by atoms with van der Waals surface area (Å²) in [6, 6.07) is 2.73. The molecule has 2 aliphatic rings. The van der Waals surface area contributed by atoms with Crippen LogP contribution in [-0.4, -0.2) is 6.54 Å². The van der Waals surface area contributed by atoms with E-state index < -0.39 is 5.82 Å². The standard InChI is InChI=1S/C18H25F2N/c1-3-21-16(10-14-9-12-5-6-13(14)8-12)17-15(19)7-4-11(2)18(17)20/h4,7,12-14,16,21H,3,5-6,8-10H2,1-2H3. The SMILES string of the molecule is CCNC(CC1CC2CCC1C2)c1c(F)ccc(C)c1F. The van der Waals surface area contributed by atoms with Gasteiger partial charge in [-0.1, -0.05) is 19.4 Å². The second-order valence-electron chi connectivity index (χ2n) is 6.87. The highest BCUT2D eigenvalue weighted by molar-refractivity contribution is 5.29. The predicted octanol–water partition coefficient (Wildman–Crippen LogP) is 4.75. The third-order valence-corrected chi connectivity index (χ3v) is 5.54. The summed E-state index contributed by atoms with van der Waals surface area (Å²) in [6.45, 7) is 4.44. The normalized spacial score (nSPS) is 29.0. The lowest BCUT2D eigenvalue weighted by Gasteiger charge is -2.28. The molecule has 4 atom stereocenters. The summed E-state index contributed by atoms with van der Waals surface area (Å²) in [5, 5.41) is 3.31. The number of fused-ring (bicyclic) bond motifs is 2. The van der Waals surface area contributed by atoms with Crippen LogP contribution in [0, 0.1) is 36.3 Å². The van der Waals surface area contributed by atoms with Crippen molar-refractivity contribution in [2.75, 3.05) is 6.54 Å². The van der Waals surface area contributed by atoms with Crippen LogP contribution in [-0.2, 0) is 0 Å². The second-order valence-corrected chi connectivity index (χ2v) is 6.87. The van der Waals surface area contributed by atoms with Crippen LogP contribution in [0.15, 0.2) is 12.1 Å². The Morgan fingerprint density at radius 1 is 1.24 bits per heavy atom. The lowest BCUT2D eigenvalue weighted by atomic mass is 9.82. The molecule has 116 valence electrons. The minimum Gasteiger partial charge on any atom is -0.310 e. The summed E-state index contributed by atoms with van der Waals surface area (Å²) in [6.07, 6.45) is 6.13. The number of hydrogen-bond acceptors (Lipinski definition) is 1. The van der Waals surface area contributed by atoms with Gasteiger partial charge in [0.25, 0.3) is 0 Å². The lowest BCUT2D eigenvalue weighted by Crippen LogP contribution is -2.27.